The Hall–Kier alpha value is -0.920. The van der Waals surface area contributed by atoms with Gasteiger partial charge in [-0.3, -0.25) is 0 Å². The summed E-state index contributed by atoms with van der Waals surface area (Å²) in [6.07, 6.45) is 0. The van der Waals surface area contributed by atoms with Crippen LogP contribution in [0.4, 0.5) is 4.39 Å². The van der Waals surface area contributed by atoms with Gasteiger partial charge in [0.1, 0.15) is 11.9 Å². The average Bonchev–Trinajstić information content (AvgIpc) is 2.08. The van der Waals surface area contributed by atoms with Gasteiger partial charge in [0.25, 0.3) is 0 Å². The topological polar surface area (TPSA) is 49.8 Å². The molecule has 0 spiro atoms. The molecule has 1 atom stereocenters. The molecule has 0 heterocycles. The summed E-state index contributed by atoms with van der Waals surface area (Å²) >= 11 is 3.00. The van der Waals surface area contributed by atoms with Crippen molar-refractivity contribution in [3.05, 3.63) is 34.1 Å². The number of benzene rings is 1. The molecule has 0 fully saturated rings. The molecule has 0 amide bonds. The lowest BCUT2D eigenvalue weighted by Crippen LogP contribution is -2.07. The van der Waals surface area contributed by atoms with Crippen molar-refractivity contribution in [3.8, 4) is 6.07 Å². The lowest BCUT2D eigenvalue weighted by molar-refractivity contribution is 0.620. The van der Waals surface area contributed by atoms with Crippen LogP contribution in [0.25, 0.3) is 0 Å². The zero-order chi connectivity index (χ0) is 9.14. The van der Waals surface area contributed by atoms with Crippen molar-refractivity contribution in [2.45, 2.75) is 6.04 Å². The SMILES string of the molecule is N#CC(N)c1ccc(F)c(Br)c1. The lowest BCUT2D eigenvalue weighted by Gasteiger charge is -2.03. The van der Waals surface area contributed by atoms with Gasteiger partial charge < -0.3 is 5.73 Å². The van der Waals surface area contributed by atoms with Crippen molar-refractivity contribution in [1.29, 1.82) is 5.26 Å². The van der Waals surface area contributed by atoms with E-state index in [2.05, 4.69) is 15.9 Å². The second-order valence-electron chi connectivity index (χ2n) is 2.28. The monoisotopic (exact) mass is 228 g/mol. The number of rotatable bonds is 1. The third-order valence-electron chi connectivity index (χ3n) is 1.44. The normalized spacial score (nSPS) is 12.2. The molecular weight excluding hydrogens is 223 g/mol. The van der Waals surface area contributed by atoms with Gasteiger partial charge >= 0.3 is 0 Å². The van der Waals surface area contributed by atoms with Crippen molar-refractivity contribution in [2.24, 2.45) is 5.73 Å². The number of hydrogen-bond donors (Lipinski definition) is 1. The zero-order valence-corrected chi connectivity index (χ0v) is 7.68. The van der Waals surface area contributed by atoms with E-state index < -0.39 is 6.04 Å². The van der Waals surface area contributed by atoms with Crippen LogP contribution in [0.2, 0.25) is 0 Å². The largest absolute Gasteiger partial charge is 0.312 e. The van der Waals surface area contributed by atoms with Gasteiger partial charge in [0.2, 0.25) is 0 Å². The van der Waals surface area contributed by atoms with Crippen LogP contribution in [0.3, 0.4) is 0 Å². The molecule has 62 valence electrons. The van der Waals surface area contributed by atoms with Crippen molar-refractivity contribution in [3.63, 3.8) is 0 Å². The average molecular weight is 229 g/mol. The highest BCUT2D eigenvalue weighted by Crippen LogP contribution is 2.19. The molecule has 0 radical (unpaired) electrons. The van der Waals surface area contributed by atoms with E-state index in [4.69, 9.17) is 11.0 Å². The van der Waals surface area contributed by atoms with E-state index in [-0.39, 0.29) is 5.82 Å². The third-order valence-corrected chi connectivity index (χ3v) is 2.05. The summed E-state index contributed by atoms with van der Waals surface area (Å²) in [5, 5.41) is 8.46. The summed E-state index contributed by atoms with van der Waals surface area (Å²) in [5.74, 6) is -0.358. The summed E-state index contributed by atoms with van der Waals surface area (Å²) in [4.78, 5) is 0. The molecule has 2 nitrogen and oxygen atoms in total. The quantitative estimate of drug-likeness (QED) is 0.801. The molecule has 0 aliphatic rings. The van der Waals surface area contributed by atoms with Crippen molar-refractivity contribution >= 4 is 15.9 Å². The molecule has 2 N–H and O–H groups in total. The molecule has 0 saturated heterocycles. The fourth-order valence-electron chi connectivity index (χ4n) is 0.780. The maximum absolute atomic E-state index is 12.7. The van der Waals surface area contributed by atoms with Crippen LogP contribution in [-0.4, -0.2) is 0 Å². The van der Waals surface area contributed by atoms with Crippen LogP contribution in [0, 0.1) is 17.1 Å². The summed E-state index contributed by atoms with van der Waals surface area (Å²) in [6, 6.07) is 5.44. The highest BCUT2D eigenvalue weighted by Gasteiger charge is 2.06. The number of nitrogens with two attached hydrogens (primary N) is 1. The first-order chi connectivity index (χ1) is 5.65. The molecule has 1 rings (SSSR count). The maximum Gasteiger partial charge on any atom is 0.137 e. The Morgan fingerprint density at radius 1 is 1.58 bits per heavy atom. The predicted molar refractivity (Wildman–Crippen MR) is 46.6 cm³/mol. The molecule has 4 heteroatoms. The van der Waals surface area contributed by atoms with Gasteiger partial charge in [-0.15, -0.1) is 0 Å². The molecule has 0 aliphatic heterocycles. The predicted octanol–water partition coefficient (Wildman–Crippen LogP) is 2.11. The van der Waals surface area contributed by atoms with Gasteiger partial charge in [-0.25, -0.2) is 4.39 Å². The molecule has 0 bridgehead atoms. The molecule has 0 aliphatic carbocycles. The third kappa shape index (κ3) is 1.81. The molecule has 1 aromatic carbocycles. The minimum Gasteiger partial charge on any atom is -0.312 e. The minimum atomic E-state index is -0.693. The number of nitrogens with zero attached hydrogens (tertiary/aromatic N) is 1. The Morgan fingerprint density at radius 2 is 2.25 bits per heavy atom. The first kappa shape index (κ1) is 9.17. The van der Waals surface area contributed by atoms with Crippen LogP contribution in [0.1, 0.15) is 11.6 Å². The van der Waals surface area contributed by atoms with E-state index in [1.807, 2.05) is 6.07 Å². The Morgan fingerprint density at radius 3 is 2.75 bits per heavy atom. The highest BCUT2D eigenvalue weighted by atomic mass is 79.9. The first-order valence-corrected chi connectivity index (χ1v) is 4.04. The van der Waals surface area contributed by atoms with Gasteiger partial charge in [0.15, 0.2) is 0 Å². The second-order valence-corrected chi connectivity index (χ2v) is 3.13. The summed E-state index contributed by atoms with van der Waals surface area (Å²) in [5.41, 5.74) is 6.01. The smallest absolute Gasteiger partial charge is 0.137 e. The van der Waals surface area contributed by atoms with E-state index in [1.165, 1.54) is 18.2 Å². The number of hydrogen-bond acceptors (Lipinski definition) is 2. The van der Waals surface area contributed by atoms with Crippen LogP contribution >= 0.6 is 15.9 Å². The van der Waals surface area contributed by atoms with E-state index in [0.29, 0.717) is 10.0 Å². The van der Waals surface area contributed by atoms with Crippen molar-refractivity contribution < 1.29 is 4.39 Å². The van der Waals surface area contributed by atoms with E-state index in [1.54, 1.807) is 0 Å². The maximum atomic E-state index is 12.7. The van der Waals surface area contributed by atoms with Crippen LogP contribution in [-0.2, 0) is 0 Å². The molecule has 1 aromatic rings. The van der Waals surface area contributed by atoms with Gasteiger partial charge in [0, 0.05) is 0 Å². The van der Waals surface area contributed by atoms with E-state index in [9.17, 15) is 4.39 Å². The molecule has 0 aromatic heterocycles. The standard InChI is InChI=1S/C8H6BrFN2/c9-6-3-5(8(12)4-11)1-2-7(6)10/h1-3,8H,12H2. The van der Waals surface area contributed by atoms with Crippen LogP contribution < -0.4 is 5.73 Å². The van der Waals surface area contributed by atoms with Gasteiger partial charge in [-0.05, 0) is 33.6 Å². The summed E-state index contributed by atoms with van der Waals surface area (Å²) in [6.45, 7) is 0. The van der Waals surface area contributed by atoms with Gasteiger partial charge in [0.05, 0.1) is 10.5 Å². The summed E-state index contributed by atoms with van der Waals surface area (Å²) < 4.78 is 13.0. The second kappa shape index (κ2) is 3.65. The highest BCUT2D eigenvalue weighted by molar-refractivity contribution is 9.10. The number of halogens is 2. The minimum absolute atomic E-state index is 0.325. The molecular formula is C8H6BrFN2. The van der Waals surface area contributed by atoms with Crippen LogP contribution in [0.15, 0.2) is 22.7 Å². The fourth-order valence-corrected chi connectivity index (χ4v) is 1.18. The molecule has 1 unspecified atom stereocenters. The van der Waals surface area contributed by atoms with Crippen LogP contribution in [0.5, 0.6) is 0 Å². The molecule has 0 saturated carbocycles. The Labute approximate surface area is 77.9 Å². The Bertz CT molecular complexity index is 332. The van der Waals surface area contributed by atoms with Crippen molar-refractivity contribution in [1.82, 2.24) is 0 Å². The molecule has 12 heavy (non-hydrogen) atoms. The van der Waals surface area contributed by atoms with Gasteiger partial charge in [-0.2, -0.15) is 5.26 Å². The van der Waals surface area contributed by atoms with Crippen molar-refractivity contribution in [2.75, 3.05) is 0 Å². The number of nitriles is 1. The lowest BCUT2D eigenvalue weighted by atomic mass is 10.1. The summed E-state index contributed by atoms with van der Waals surface area (Å²) in [7, 11) is 0. The van der Waals surface area contributed by atoms with E-state index in [0.717, 1.165) is 0 Å². The first-order valence-electron chi connectivity index (χ1n) is 3.25. The van der Waals surface area contributed by atoms with E-state index >= 15 is 0 Å². The Kier molecular flexibility index (Phi) is 2.79. The fraction of sp³-hybridized carbons (Fsp3) is 0.125. The van der Waals surface area contributed by atoms with Gasteiger partial charge in [-0.1, -0.05) is 6.07 Å². The zero-order valence-electron chi connectivity index (χ0n) is 6.09. The Balaban J connectivity index is 3.06.